The summed E-state index contributed by atoms with van der Waals surface area (Å²) in [6.45, 7) is 2.25. The first-order valence-electron chi connectivity index (χ1n) is 5.66. The number of ether oxygens (including phenoxy) is 2. The fourth-order valence-electron chi connectivity index (χ4n) is 1.21. The molecule has 1 unspecified atom stereocenters. The lowest BCUT2D eigenvalue weighted by Crippen LogP contribution is -2.16. The highest BCUT2D eigenvalue weighted by Crippen LogP contribution is 2.16. The van der Waals surface area contributed by atoms with Gasteiger partial charge in [-0.15, -0.1) is 11.6 Å². The summed E-state index contributed by atoms with van der Waals surface area (Å²) in [5.74, 6) is 6.25. The normalized spacial score (nSPS) is 11.6. The fourth-order valence-corrected chi connectivity index (χ4v) is 1.31. The Morgan fingerprint density at radius 1 is 1.39 bits per heavy atom. The molecule has 1 aromatic rings. The number of alkyl halides is 1. The highest BCUT2D eigenvalue weighted by atomic mass is 35.5. The summed E-state index contributed by atoms with van der Waals surface area (Å²) in [5, 5.41) is 0. The molecule has 0 aliphatic heterocycles. The molecule has 98 valence electrons. The lowest BCUT2D eigenvalue weighted by molar-refractivity contribution is 0.0715. The van der Waals surface area contributed by atoms with Gasteiger partial charge in [0.25, 0.3) is 0 Å². The van der Waals surface area contributed by atoms with Gasteiger partial charge in [-0.1, -0.05) is 11.8 Å². The molecule has 0 saturated carbocycles. The maximum Gasteiger partial charge on any atom is 0.128 e. The Bertz CT molecular complexity index is 437. The average molecular weight is 271 g/mol. The maximum absolute atomic E-state index is 13.3. The number of rotatable bonds is 5. The molecule has 0 N–H and O–H groups in total. The minimum atomic E-state index is -0.368. The van der Waals surface area contributed by atoms with Crippen molar-refractivity contribution in [1.82, 2.24) is 0 Å². The first-order chi connectivity index (χ1) is 8.65. The van der Waals surface area contributed by atoms with Gasteiger partial charge in [0.1, 0.15) is 18.2 Å². The van der Waals surface area contributed by atoms with E-state index in [9.17, 15) is 4.39 Å². The van der Waals surface area contributed by atoms with Crippen LogP contribution in [0.1, 0.15) is 18.9 Å². The minimum absolute atomic E-state index is 0.0425. The zero-order valence-electron chi connectivity index (χ0n) is 10.5. The Morgan fingerprint density at radius 2 is 2.17 bits per heavy atom. The largest absolute Gasteiger partial charge is 0.491 e. The first kappa shape index (κ1) is 14.8. The van der Waals surface area contributed by atoms with Crippen molar-refractivity contribution >= 4 is 11.6 Å². The monoisotopic (exact) mass is 270 g/mol. The van der Waals surface area contributed by atoms with Crippen LogP contribution >= 0.6 is 11.6 Å². The number of hydrogen-bond donors (Lipinski definition) is 0. The van der Waals surface area contributed by atoms with Gasteiger partial charge in [0, 0.05) is 31.0 Å². The Labute approximate surface area is 112 Å². The van der Waals surface area contributed by atoms with Gasteiger partial charge in [-0.25, -0.2) is 4.39 Å². The molecule has 0 heterocycles. The highest BCUT2D eigenvalue weighted by molar-refractivity contribution is 6.18. The van der Waals surface area contributed by atoms with E-state index in [-0.39, 0.29) is 11.9 Å². The lowest BCUT2D eigenvalue weighted by atomic mass is 10.2. The topological polar surface area (TPSA) is 18.5 Å². The second-order valence-corrected chi connectivity index (χ2v) is 4.15. The molecule has 0 saturated heterocycles. The van der Waals surface area contributed by atoms with Crippen molar-refractivity contribution in [3.05, 3.63) is 29.6 Å². The fraction of sp³-hybridized carbons (Fsp3) is 0.429. The Morgan fingerprint density at radius 3 is 2.83 bits per heavy atom. The van der Waals surface area contributed by atoms with Crippen LogP contribution in [0.15, 0.2) is 18.2 Å². The van der Waals surface area contributed by atoms with Gasteiger partial charge < -0.3 is 9.47 Å². The van der Waals surface area contributed by atoms with E-state index in [4.69, 9.17) is 21.1 Å². The predicted molar refractivity (Wildman–Crippen MR) is 70.6 cm³/mol. The van der Waals surface area contributed by atoms with Gasteiger partial charge in [-0.05, 0) is 19.1 Å². The van der Waals surface area contributed by atoms with E-state index in [0.29, 0.717) is 30.2 Å². The van der Waals surface area contributed by atoms with Crippen molar-refractivity contribution < 1.29 is 13.9 Å². The van der Waals surface area contributed by atoms with E-state index < -0.39 is 0 Å². The predicted octanol–water partition coefficient (Wildman–Crippen LogP) is 3.22. The van der Waals surface area contributed by atoms with Crippen molar-refractivity contribution in [3.8, 4) is 17.6 Å². The third-order valence-electron chi connectivity index (χ3n) is 2.21. The van der Waals surface area contributed by atoms with E-state index in [1.165, 1.54) is 12.1 Å². The molecular weight excluding hydrogens is 255 g/mol. The van der Waals surface area contributed by atoms with Crippen LogP contribution in [0, 0.1) is 17.7 Å². The van der Waals surface area contributed by atoms with Gasteiger partial charge >= 0.3 is 0 Å². The third kappa shape index (κ3) is 5.39. The number of hydrogen-bond acceptors (Lipinski definition) is 2. The molecule has 1 atom stereocenters. The van der Waals surface area contributed by atoms with E-state index in [0.717, 1.165) is 0 Å². The molecule has 1 aromatic carbocycles. The zero-order valence-corrected chi connectivity index (χ0v) is 11.3. The first-order valence-corrected chi connectivity index (χ1v) is 6.20. The van der Waals surface area contributed by atoms with Gasteiger partial charge in [0.2, 0.25) is 0 Å². The standard InChI is InChI=1S/C14H16ClFO2/c1-11(17-2)10-18-14-8-12(5-3-4-6-15)7-13(16)9-14/h7-9,11H,4,6,10H2,1-2H3. The molecule has 0 aromatic heterocycles. The number of halogens is 2. The van der Waals surface area contributed by atoms with Crippen LogP contribution in [0.5, 0.6) is 5.75 Å². The quantitative estimate of drug-likeness (QED) is 0.604. The van der Waals surface area contributed by atoms with Crippen LogP contribution in [0.25, 0.3) is 0 Å². The molecule has 0 bridgehead atoms. The van der Waals surface area contributed by atoms with Crippen LogP contribution in [0.4, 0.5) is 4.39 Å². The van der Waals surface area contributed by atoms with Gasteiger partial charge in [-0.2, -0.15) is 0 Å². The number of benzene rings is 1. The Balaban J connectivity index is 2.72. The molecule has 0 radical (unpaired) electrons. The van der Waals surface area contributed by atoms with E-state index >= 15 is 0 Å². The summed E-state index contributed by atoms with van der Waals surface area (Å²) in [5.41, 5.74) is 0.584. The SMILES string of the molecule is COC(C)COc1cc(F)cc(C#CCCCl)c1. The van der Waals surface area contributed by atoms with Crippen molar-refractivity contribution in [2.75, 3.05) is 19.6 Å². The van der Waals surface area contributed by atoms with Crippen molar-refractivity contribution in [2.45, 2.75) is 19.4 Å². The average Bonchev–Trinajstić information content (AvgIpc) is 2.35. The molecular formula is C14H16ClFO2. The van der Waals surface area contributed by atoms with Crippen molar-refractivity contribution in [2.24, 2.45) is 0 Å². The Kier molecular flexibility index (Phi) is 6.56. The zero-order chi connectivity index (χ0) is 13.4. The Hall–Kier alpha value is -1.24. The molecule has 1 rings (SSSR count). The molecule has 2 nitrogen and oxygen atoms in total. The molecule has 0 amide bonds. The summed E-state index contributed by atoms with van der Waals surface area (Å²) in [6.07, 6.45) is 0.536. The number of methoxy groups -OCH3 is 1. The van der Waals surface area contributed by atoms with E-state index in [1.54, 1.807) is 13.2 Å². The van der Waals surface area contributed by atoms with Crippen LogP contribution in [0.3, 0.4) is 0 Å². The molecule has 4 heteroatoms. The van der Waals surface area contributed by atoms with Gasteiger partial charge in [0.05, 0.1) is 6.10 Å². The van der Waals surface area contributed by atoms with Crippen LogP contribution < -0.4 is 4.74 Å². The van der Waals surface area contributed by atoms with Gasteiger partial charge in [0.15, 0.2) is 0 Å². The smallest absolute Gasteiger partial charge is 0.128 e. The van der Waals surface area contributed by atoms with Crippen molar-refractivity contribution in [3.63, 3.8) is 0 Å². The molecule has 18 heavy (non-hydrogen) atoms. The highest BCUT2D eigenvalue weighted by Gasteiger charge is 2.03. The third-order valence-corrected chi connectivity index (χ3v) is 2.40. The summed E-state index contributed by atoms with van der Waals surface area (Å²) in [4.78, 5) is 0. The summed E-state index contributed by atoms with van der Waals surface area (Å²) < 4.78 is 23.8. The van der Waals surface area contributed by atoms with E-state index in [2.05, 4.69) is 11.8 Å². The molecule has 0 aliphatic carbocycles. The maximum atomic E-state index is 13.3. The summed E-state index contributed by atoms with van der Waals surface area (Å²) in [6, 6.07) is 4.40. The second-order valence-electron chi connectivity index (χ2n) is 3.77. The van der Waals surface area contributed by atoms with Crippen LogP contribution in [0.2, 0.25) is 0 Å². The summed E-state index contributed by atoms with van der Waals surface area (Å²) in [7, 11) is 1.60. The lowest BCUT2D eigenvalue weighted by Gasteiger charge is -2.11. The molecule has 0 fully saturated rings. The van der Waals surface area contributed by atoms with Gasteiger partial charge in [-0.3, -0.25) is 0 Å². The molecule has 0 aliphatic rings. The second kappa shape index (κ2) is 7.97. The van der Waals surface area contributed by atoms with E-state index in [1.807, 2.05) is 6.92 Å². The molecule has 0 spiro atoms. The van der Waals surface area contributed by atoms with Crippen LogP contribution in [-0.2, 0) is 4.74 Å². The van der Waals surface area contributed by atoms with Crippen molar-refractivity contribution in [1.29, 1.82) is 0 Å². The summed E-state index contributed by atoms with van der Waals surface area (Å²) >= 11 is 5.52. The minimum Gasteiger partial charge on any atom is -0.491 e. The van der Waals surface area contributed by atoms with Crippen LogP contribution in [-0.4, -0.2) is 25.7 Å².